The highest BCUT2D eigenvalue weighted by molar-refractivity contribution is 7.85. The number of para-hydroxylation sites is 1. The lowest BCUT2D eigenvalue weighted by molar-refractivity contribution is -0.112. The Labute approximate surface area is 164 Å². The molecule has 0 aliphatic heterocycles. The van der Waals surface area contributed by atoms with E-state index in [1.807, 2.05) is 30.3 Å². The molecule has 3 N–H and O–H groups in total. The second kappa shape index (κ2) is 9.17. The van der Waals surface area contributed by atoms with Crippen molar-refractivity contribution in [3.8, 4) is 6.07 Å². The predicted octanol–water partition coefficient (Wildman–Crippen LogP) is 3.90. The van der Waals surface area contributed by atoms with Gasteiger partial charge >= 0.3 is 0 Å². The zero-order chi connectivity index (χ0) is 20.7. The second-order valence-corrected chi connectivity index (χ2v) is 7.59. The van der Waals surface area contributed by atoms with Crippen LogP contribution in [0, 0.1) is 11.3 Å². The van der Waals surface area contributed by atoms with Crippen molar-refractivity contribution in [3.05, 3.63) is 65.9 Å². The van der Waals surface area contributed by atoms with Crippen molar-refractivity contribution in [3.63, 3.8) is 0 Å². The van der Waals surface area contributed by atoms with E-state index in [9.17, 15) is 18.5 Å². The highest BCUT2D eigenvalue weighted by atomic mass is 32.2. The minimum atomic E-state index is -4.31. The van der Waals surface area contributed by atoms with E-state index in [0.29, 0.717) is 11.6 Å². The molecule has 0 fully saturated rings. The molecule has 1 unspecified atom stereocenters. The summed E-state index contributed by atoms with van der Waals surface area (Å²) >= 11 is 0. The van der Waals surface area contributed by atoms with Gasteiger partial charge in [-0.05, 0) is 48.2 Å². The molecule has 0 spiro atoms. The zero-order valence-corrected chi connectivity index (χ0v) is 16.3. The summed E-state index contributed by atoms with van der Waals surface area (Å²) in [5, 5.41) is 14.8. The fourth-order valence-electron chi connectivity index (χ4n) is 2.49. The lowest BCUT2D eigenvalue weighted by atomic mass is 9.97. The fraction of sp³-hybridized carbons (Fsp3) is 0.200. The highest BCUT2D eigenvalue weighted by Crippen LogP contribution is 2.26. The number of nitriles is 1. The molecule has 28 heavy (non-hydrogen) atoms. The SMILES string of the molecule is CCC(C)c1ccccc1N/C=C(/C#N)C(=O)Nc1ccc(S(=O)(=O)O)cc1. The topological polar surface area (TPSA) is 119 Å². The lowest BCUT2D eigenvalue weighted by Gasteiger charge is -2.14. The standard InChI is InChI=1S/C20H21N3O4S/c1-3-14(2)18-6-4-5-7-19(18)22-13-15(12-21)20(24)23-16-8-10-17(11-9-16)28(25,26)27/h4-11,13-14,22H,3H2,1-2H3,(H,23,24)(H,25,26,27)/b15-13-. The van der Waals surface area contributed by atoms with E-state index in [1.54, 1.807) is 0 Å². The monoisotopic (exact) mass is 399 g/mol. The molecule has 1 amide bonds. The van der Waals surface area contributed by atoms with E-state index >= 15 is 0 Å². The summed E-state index contributed by atoms with van der Waals surface area (Å²) in [7, 11) is -4.31. The van der Waals surface area contributed by atoms with Gasteiger partial charge in [0.1, 0.15) is 11.6 Å². The van der Waals surface area contributed by atoms with E-state index in [1.165, 1.54) is 18.3 Å². The summed E-state index contributed by atoms with van der Waals surface area (Å²) in [6, 6.07) is 14.5. The molecule has 8 heteroatoms. The van der Waals surface area contributed by atoms with Gasteiger partial charge in [0.05, 0.1) is 4.90 Å². The Morgan fingerprint density at radius 1 is 1.21 bits per heavy atom. The van der Waals surface area contributed by atoms with Gasteiger partial charge in [0.15, 0.2) is 0 Å². The summed E-state index contributed by atoms with van der Waals surface area (Å²) < 4.78 is 31.1. The fourth-order valence-corrected chi connectivity index (χ4v) is 2.97. The summed E-state index contributed by atoms with van der Waals surface area (Å²) in [4.78, 5) is 12.0. The van der Waals surface area contributed by atoms with Crippen LogP contribution in [0.1, 0.15) is 31.7 Å². The first-order valence-electron chi connectivity index (χ1n) is 8.61. The molecule has 2 aromatic carbocycles. The third kappa shape index (κ3) is 5.42. The van der Waals surface area contributed by atoms with Crippen LogP contribution in [0.3, 0.4) is 0 Å². The van der Waals surface area contributed by atoms with Crippen molar-refractivity contribution in [2.45, 2.75) is 31.1 Å². The molecule has 0 bridgehead atoms. The highest BCUT2D eigenvalue weighted by Gasteiger charge is 2.13. The summed E-state index contributed by atoms with van der Waals surface area (Å²) in [6.07, 6.45) is 2.29. The van der Waals surface area contributed by atoms with Crippen LogP contribution in [0.25, 0.3) is 0 Å². The number of anilines is 2. The van der Waals surface area contributed by atoms with E-state index < -0.39 is 16.0 Å². The third-order valence-corrected chi connectivity index (χ3v) is 5.12. The molecular weight excluding hydrogens is 378 g/mol. The first-order chi connectivity index (χ1) is 13.3. The van der Waals surface area contributed by atoms with Crippen LogP contribution in [0.4, 0.5) is 11.4 Å². The smallest absolute Gasteiger partial charge is 0.294 e. The molecule has 2 rings (SSSR count). The maximum atomic E-state index is 12.3. The minimum Gasteiger partial charge on any atom is -0.360 e. The van der Waals surface area contributed by atoms with Crippen molar-refractivity contribution in [1.82, 2.24) is 0 Å². The maximum Gasteiger partial charge on any atom is 0.294 e. The van der Waals surface area contributed by atoms with Crippen LogP contribution in [0.2, 0.25) is 0 Å². The molecule has 7 nitrogen and oxygen atoms in total. The number of hydrogen-bond donors (Lipinski definition) is 3. The van der Waals surface area contributed by atoms with Crippen LogP contribution in [-0.4, -0.2) is 18.9 Å². The molecule has 0 heterocycles. The van der Waals surface area contributed by atoms with Crippen LogP contribution in [-0.2, 0) is 14.9 Å². The Kier molecular flexibility index (Phi) is 6.93. The largest absolute Gasteiger partial charge is 0.360 e. The molecule has 146 valence electrons. The van der Waals surface area contributed by atoms with Crippen molar-refractivity contribution < 1.29 is 17.8 Å². The summed E-state index contributed by atoms with van der Waals surface area (Å²) in [5.41, 5.74) is 2.05. The van der Waals surface area contributed by atoms with E-state index in [0.717, 1.165) is 29.8 Å². The first-order valence-corrected chi connectivity index (χ1v) is 10.0. The van der Waals surface area contributed by atoms with Gasteiger partial charge in [-0.15, -0.1) is 0 Å². The number of carbonyl (C=O) groups is 1. The molecule has 0 aliphatic rings. The Hall–Kier alpha value is -3.15. The number of rotatable bonds is 7. The number of nitrogens with one attached hydrogen (secondary N) is 2. The molecular formula is C20H21N3O4S. The van der Waals surface area contributed by atoms with Gasteiger partial charge in [0.25, 0.3) is 16.0 Å². The second-order valence-electron chi connectivity index (χ2n) is 6.16. The van der Waals surface area contributed by atoms with Gasteiger partial charge in [-0.3, -0.25) is 9.35 Å². The number of carbonyl (C=O) groups excluding carboxylic acids is 1. The average Bonchev–Trinajstić information content (AvgIpc) is 2.68. The van der Waals surface area contributed by atoms with E-state index in [2.05, 4.69) is 24.5 Å². The van der Waals surface area contributed by atoms with Crippen LogP contribution < -0.4 is 10.6 Å². The quantitative estimate of drug-likeness (QED) is 0.369. The van der Waals surface area contributed by atoms with Crippen molar-refractivity contribution in [1.29, 1.82) is 5.26 Å². The average molecular weight is 399 g/mol. The number of nitrogens with zero attached hydrogens (tertiary/aromatic N) is 1. The van der Waals surface area contributed by atoms with Crippen LogP contribution >= 0.6 is 0 Å². The van der Waals surface area contributed by atoms with Gasteiger partial charge < -0.3 is 10.6 Å². The van der Waals surface area contributed by atoms with E-state index in [-0.39, 0.29) is 10.5 Å². The van der Waals surface area contributed by atoms with Crippen LogP contribution in [0.5, 0.6) is 0 Å². The van der Waals surface area contributed by atoms with Gasteiger partial charge in [-0.2, -0.15) is 13.7 Å². The van der Waals surface area contributed by atoms with Gasteiger partial charge in [0.2, 0.25) is 0 Å². The van der Waals surface area contributed by atoms with Crippen LogP contribution in [0.15, 0.2) is 65.2 Å². The first kappa shape index (κ1) is 21.2. The zero-order valence-electron chi connectivity index (χ0n) is 15.5. The molecule has 0 radical (unpaired) electrons. The van der Waals surface area contributed by atoms with Gasteiger partial charge in [-0.1, -0.05) is 32.0 Å². The summed E-state index contributed by atoms with van der Waals surface area (Å²) in [5.74, 6) is -0.326. The lowest BCUT2D eigenvalue weighted by Crippen LogP contribution is -2.15. The molecule has 0 saturated heterocycles. The van der Waals surface area contributed by atoms with Crippen molar-refractivity contribution >= 4 is 27.4 Å². The molecule has 0 saturated carbocycles. The van der Waals surface area contributed by atoms with Gasteiger partial charge in [-0.25, -0.2) is 0 Å². The Balaban J connectivity index is 2.15. The number of amides is 1. The Morgan fingerprint density at radius 3 is 2.43 bits per heavy atom. The van der Waals surface area contributed by atoms with Crippen molar-refractivity contribution in [2.24, 2.45) is 0 Å². The van der Waals surface area contributed by atoms with Gasteiger partial charge in [0, 0.05) is 17.6 Å². The third-order valence-electron chi connectivity index (χ3n) is 4.25. The number of hydrogen-bond acceptors (Lipinski definition) is 5. The molecule has 0 aliphatic carbocycles. The minimum absolute atomic E-state index is 0.141. The molecule has 1 atom stereocenters. The number of benzene rings is 2. The molecule has 2 aromatic rings. The van der Waals surface area contributed by atoms with E-state index in [4.69, 9.17) is 4.55 Å². The van der Waals surface area contributed by atoms with Crippen molar-refractivity contribution in [2.75, 3.05) is 10.6 Å². The summed E-state index contributed by atoms with van der Waals surface area (Å²) in [6.45, 7) is 4.18. The normalized spacial score (nSPS) is 12.7. The maximum absolute atomic E-state index is 12.3. The Morgan fingerprint density at radius 2 is 1.86 bits per heavy atom. The Bertz CT molecular complexity index is 1020. The molecule has 0 aromatic heterocycles. The predicted molar refractivity (Wildman–Crippen MR) is 107 cm³/mol.